The molecule has 0 spiro atoms. The molecule has 0 unspecified atom stereocenters. The fourth-order valence-electron chi connectivity index (χ4n) is 3.85. The van der Waals surface area contributed by atoms with Crippen LogP contribution in [0.25, 0.3) is 32.9 Å². The van der Waals surface area contributed by atoms with E-state index in [1.165, 1.54) is 35.7 Å². The molecule has 0 aliphatic carbocycles. The van der Waals surface area contributed by atoms with Crippen LogP contribution in [0, 0.1) is 0 Å². The van der Waals surface area contributed by atoms with Crippen molar-refractivity contribution in [3.63, 3.8) is 0 Å². The maximum Gasteiger partial charge on any atom is 0.216 e. The Morgan fingerprint density at radius 3 is 1.53 bits per heavy atom. The van der Waals surface area contributed by atoms with Crippen molar-refractivity contribution in [1.29, 1.82) is 0 Å². The van der Waals surface area contributed by atoms with E-state index in [2.05, 4.69) is 80.7 Å². The summed E-state index contributed by atoms with van der Waals surface area (Å²) < 4.78 is 4.32. The molecule has 0 atom stereocenters. The molecule has 2 heterocycles. The van der Waals surface area contributed by atoms with Crippen LogP contribution in [0.3, 0.4) is 0 Å². The van der Waals surface area contributed by atoms with Crippen LogP contribution < -0.4 is 10.6 Å². The second-order valence-corrected chi connectivity index (χ2v) is 7.53. The van der Waals surface area contributed by atoms with Crippen molar-refractivity contribution < 1.29 is 9.59 Å². The van der Waals surface area contributed by atoms with Crippen molar-refractivity contribution >= 4 is 33.6 Å². The zero-order valence-electron chi connectivity index (χ0n) is 17.3. The Morgan fingerprint density at radius 1 is 0.700 bits per heavy atom. The molecule has 6 heteroatoms. The third-order valence-electron chi connectivity index (χ3n) is 5.33. The van der Waals surface area contributed by atoms with Gasteiger partial charge in [0, 0.05) is 74.2 Å². The van der Waals surface area contributed by atoms with Gasteiger partial charge in [0.2, 0.25) is 11.8 Å². The Labute approximate surface area is 175 Å². The van der Waals surface area contributed by atoms with Gasteiger partial charge < -0.3 is 19.8 Å². The molecule has 0 saturated heterocycles. The van der Waals surface area contributed by atoms with Crippen molar-refractivity contribution in [3.05, 3.63) is 60.9 Å². The third kappa shape index (κ3) is 4.22. The van der Waals surface area contributed by atoms with E-state index in [1.807, 2.05) is 0 Å². The summed E-state index contributed by atoms with van der Waals surface area (Å²) in [5, 5.41) is 8.05. The molecular formula is C24H26N4O2. The highest BCUT2D eigenvalue weighted by atomic mass is 16.2. The number of rotatable bonds is 7. The molecule has 2 amide bonds. The SMILES string of the molecule is CC(=O)NCCn1ccc2cc(-c3ccc4c(ccn4CCNC(C)=O)c3)ccc21. The average Bonchev–Trinajstić information content (AvgIpc) is 3.31. The van der Waals surface area contributed by atoms with Crippen LogP contribution in [-0.2, 0) is 22.7 Å². The number of hydrogen-bond acceptors (Lipinski definition) is 2. The Hall–Kier alpha value is -3.54. The molecule has 154 valence electrons. The van der Waals surface area contributed by atoms with E-state index >= 15 is 0 Å². The van der Waals surface area contributed by atoms with Crippen molar-refractivity contribution in [2.24, 2.45) is 0 Å². The monoisotopic (exact) mass is 402 g/mol. The highest BCUT2D eigenvalue weighted by Gasteiger charge is 2.07. The van der Waals surface area contributed by atoms with Crippen LogP contribution in [0.4, 0.5) is 0 Å². The lowest BCUT2D eigenvalue weighted by Crippen LogP contribution is -2.24. The highest BCUT2D eigenvalue weighted by molar-refractivity contribution is 5.89. The average molecular weight is 402 g/mol. The number of aromatic nitrogens is 2. The Morgan fingerprint density at radius 2 is 1.13 bits per heavy atom. The van der Waals surface area contributed by atoms with Crippen molar-refractivity contribution in [2.45, 2.75) is 26.9 Å². The lowest BCUT2D eigenvalue weighted by atomic mass is 10.0. The molecule has 2 aromatic carbocycles. The molecule has 4 aromatic rings. The van der Waals surface area contributed by atoms with Crippen molar-refractivity contribution in [1.82, 2.24) is 19.8 Å². The van der Waals surface area contributed by atoms with Crippen LogP contribution in [-0.4, -0.2) is 34.0 Å². The Bertz CT molecular complexity index is 1120. The zero-order chi connectivity index (χ0) is 21.1. The second-order valence-electron chi connectivity index (χ2n) is 7.53. The molecule has 0 radical (unpaired) electrons. The summed E-state index contributed by atoms with van der Waals surface area (Å²) >= 11 is 0. The molecular weight excluding hydrogens is 376 g/mol. The first kappa shape index (κ1) is 19.8. The summed E-state index contributed by atoms with van der Waals surface area (Å²) in [6, 6.07) is 17.2. The minimum atomic E-state index is -0.00640. The van der Waals surface area contributed by atoms with E-state index in [4.69, 9.17) is 0 Å². The third-order valence-corrected chi connectivity index (χ3v) is 5.33. The van der Waals surface area contributed by atoms with Gasteiger partial charge in [0.15, 0.2) is 0 Å². The summed E-state index contributed by atoms with van der Waals surface area (Å²) in [6.45, 7) is 5.82. The maximum absolute atomic E-state index is 11.1. The molecule has 0 bridgehead atoms. The van der Waals surface area contributed by atoms with Gasteiger partial charge in [-0.2, -0.15) is 0 Å². The quantitative estimate of drug-likeness (QED) is 0.497. The largest absolute Gasteiger partial charge is 0.355 e. The fourth-order valence-corrected chi connectivity index (χ4v) is 3.85. The normalized spacial score (nSPS) is 11.1. The second kappa shape index (κ2) is 8.45. The molecule has 0 aliphatic rings. The minimum Gasteiger partial charge on any atom is -0.355 e. The summed E-state index contributed by atoms with van der Waals surface area (Å²) in [5.74, 6) is -0.0128. The van der Waals surface area contributed by atoms with E-state index in [0.717, 1.165) is 24.1 Å². The Balaban J connectivity index is 1.54. The van der Waals surface area contributed by atoms with Crippen molar-refractivity contribution in [2.75, 3.05) is 13.1 Å². The van der Waals surface area contributed by atoms with Crippen molar-refractivity contribution in [3.8, 4) is 11.1 Å². The summed E-state index contributed by atoms with van der Waals surface area (Å²) in [4.78, 5) is 22.1. The topological polar surface area (TPSA) is 68.1 Å². The van der Waals surface area contributed by atoms with Crippen LogP contribution in [0.2, 0.25) is 0 Å². The van der Waals surface area contributed by atoms with Gasteiger partial charge in [-0.25, -0.2) is 0 Å². The standard InChI is InChI=1S/C24H26N4O2/c1-17(29)25-9-13-27-11-7-21-15-19(3-5-23(21)27)20-4-6-24-22(16-20)8-12-28(24)14-10-26-18(2)30/h3-8,11-12,15-16H,9-10,13-14H2,1-2H3,(H,25,29)(H,26,30). The summed E-state index contributed by atoms with van der Waals surface area (Å²) in [7, 11) is 0. The van der Waals surface area contributed by atoms with Gasteiger partial charge in [-0.1, -0.05) is 12.1 Å². The van der Waals surface area contributed by atoms with E-state index in [9.17, 15) is 9.59 Å². The molecule has 6 nitrogen and oxygen atoms in total. The van der Waals surface area contributed by atoms with E-state index in [0.29, 0.717) is 13.1 Å². The van der Waals surface area contributed by atoms with E-state index in [1.54, 1.807) is 0 Å². The number of nitrogens with zero attached hydrogens (tertiary/aromatic N) is 2. The van der Waals surface area contributed by atoms with Gasteiger partial charge in [-0.3, -0.25) is 9.59 Å². The summed E-state index contributed by atoms with van der Waals surface area (Å²) in [6.07, 6.45) is 4.13. The Kier molecular flexibility index (Phi) is 5.57. The van der Waals surface area contributed by atoms with Gasteiger partial charge in [0.05, 0.1) is 0 Å². The highest BCUT2D eigenvalue weighted by Crippen LogP contribution is 2.28. The first-order valence-corrected chi connectivity index (χ1v) is 10.2. The number of nitrogens with one attached hydrogen (secondary N) is 2. The van der Waals surface area contributed by atoms with E-state index in [-0.39, 0.29) is 11.8 Å². The number of carbonyl (C=O) groups excluding carboxylic acids is 2. The number of amides is 2. The number of carbonyl (C=O) groups is 2. The number of fused-ring (bicyclic) bond motifs is 2. The summed E-state index contributed by atoms with van der Waals surface area (Å²) in [5.41, 5.74) is 4.67. The predicted molar refractivity (Wildman–Crippen MR) is 120 cm³/mol. The molecule has 30 heavy (non-hydrogen) atoms. The van der Waals surface area contributed by atoms with Crippen LogP contribution in [0.1, 0.15) is 13.8 Å². The molecule has 2 aromatic heterocycles. The van der Waals surface area contributed by atoms with Gasteiger partial charge >= 0.3 is 0 Å². The van der Waals surface area contributed by atoms with Crippen LogP contribution in [0.5, 0.6) is 0 Å². The molecule has 4 rings (SSSR count). The molecule has 0 fully saturated rings. The molecule has 0 aliphatic heterocycles. The fraction of sp³-hybridized carbons (Fsp3) is 0.250. The van der Waals surface area contributed by atoms with Gasteiger partial charge in [-0.05, 0) is 47.5 Å². The first-order valence-electron chi connectivity index (χ1n) is 10.2. The lowest BCUT2D eigenvalue weighted by Gasteiger charge is -2.08. The molecule has 2 N–H and O–H groups in total. The zero-order valence-corrected chi connectivity index (χ0v) is 17.3. The molecule has 0 saturated carbocycles. The number of benzene rings is 2. The maximum atomic E-state index is 11.1. The first-order chi connectivity index (χ1) is 14.5. The number of hydrogen-bond donors (Lipinski definition) is 2. The predicted octanol–water partition coefficient (Wildman–Crippen LogP) is 3.54. The smallest absolute Gasteiger partial charge is 0.216 e. The van der Waals surface area contributed by atoms with E-state index < -0.39 is 0 Å². The van der Waals surface area contributed by atoms with Gasteiger partial charge in [-0.15, -0.1) is 0 Å². The lowest BCUT2D eigenvalue weighted by molar-refractivity contribution is -0.119. The van der Waals surface area contributed by atoms with Crippen LogP contribution >= 0.6 is 0 Å². The van der Waals surface area contributed by atoms with Crippen LogP contribution in [0.15, 0.2) is 60.9 Å². The van der Waals surface area contributed by atoms with Gasteiger partial charge in [0.1, 0.15) is 0 Å². The minimum absolute atomic E-state index is 0.00640. The van der Waals surface area contributed by atoms with Gasteiger partial charge in [0.25, 0.3) is 0 Å².